The monoisotopic (exact) mass is 364 g/mol. The highest BCUT2D eigenvalue weighted by Crippen LogP contribution is 2.35. The molecule has 0 aliphatic carbocycles. The number of likely N-dealkylation sites (N-methyl/N-ethyl adjacent to an activating group) is 1. The summed E-state index contributed by atoms with van der Waals surface area (Å²) >= 11 is 3.49. The van der Waals surface area contributed by atoms with Crippen LogP contribution in [0.3, 0.4) is 0 Å². The molecule has 1 heterocycles. The number of benzene rings is 1. The number of nitrogens with zero attached hydrogens (tertiary/aromatic N) is 2. The van der Waals surface area contributed by atoms with Gasteiger partial charge in [0, 0.05) is 30.2 Å². The van der Waals surface area contributed by atoms with Crippen molar-refractivity contribution in [1.82, 2.24) is 9.80 Å². The van der Waals surface area contributed by atoms with Crippen LogP contribution < -0.4 is 0 Å². The topological polar surface area (TPSA) is 23.6 Å². The third kappa shape index (κ3) is 4.43. The summed E-state index contributed by atoms with van der Waals surface area (Å²) in [5, 5.41) is 0. The van der Waals surface area contributed by atoms with Gasteiger partial charge in [-0.3, -0.25) is 4.79 Å². The summed E-state index contributed by atoms with van der Waals surface area (Å²) in [5.74, 6) is 0.139. The molecule has 1 saturated heterocycles. The van der Waals surface area contributed by atoms with Gasteiger partial charge in [-0.25, -0.2) is 0 Å². The van der Waals surface area contributed by atoms with Crippen molar-refractivity contribution in [2.75, 3.05) is 33.7 Å². The fraction of sp³-hybridized carbons (Fsp3) is 0.500. The highest BCUT2D eigenvalue weighted by atomic mass is 79.9. The lowest BCUT2D eigenvalue weighted by Gasteiger charge is -2.39. The van der Waals surface area contributed by atoms with Crippen molar-refractivity contribution in [2.45, 2.75) is 25.2 Å². The fourth-order valence-electron chi connectivity index (χ4n) is 2.83. The molecule has 22 heavy (non-hydrogen) atoms. The number of halogens is 1. The number of amides is 1. The second kappa shape index (κ2) is 7.42. The molecule has 0 N–H and O–H groups in total. The summed E-state index contributed by atoms with van der Waals surface area (Å²) in [7, 11) is 4.00. The highest BCUT2D eigenvalue weighted by molar-refractivity contribution is 9.10. The molecule has 3 nitrogen and oxygen atoms in total. The van der Waals surface area contributed by atoms with Crippen molar-refractivity contribution in [3.05, 3.63) is 46.5 Å². The van der Waals surface area contributed by atoms with Crippen LogP contribution in [0.15, 0.2) is 40.9 Å². The van der Waals surface area contributed by atoms with Crippen molar-refractivity contribution in [1.29, 1.82) is 0 Å². The number of likely N-dealkylation sites (tertiary alicyclic amines) is 1. The number of rotatable bonds is 4. The van der Waals surface area contributed by atoms with E-state index in [1.165, 1.54) is 5.56 Å². The molecule has 0 atom stereocenters. The summed E-state index contributed by atoms with van der Waals surface area (Å²) in [6.07, 6.45) is 5.68. The molecule has 0 bridgehead atoms. The minimum atomic E-state index is 0.139. The Morgan fingerprint density at radius 2 is 1.86 bits per heavy atom. The van der Waals surface area contributed by atoms with Crippen molar-refractivity contribution in [3.8, 4) is 0 Å². The van der Waals surface area contributed by atoms with Crippen LogP contribution in [-0.2, 0) is 10.2 Å². The molecule has 0 spiro atoms. The zero-order valence-corrected chi connectivity index (χ0v) is 15.3. The van der Waals surface area contributed by atoms with Gasteiger partial charge in [-0.05, 0) is 50.0 Å². The Morgan fingerprint density at radius 1 is 1.27 bits per heavy atom. The van der Waals surface area contributed by atoms with Gasteiger partial charge in [-0.15, -0.1) is 0 Å². The maximum atomic E-state index is 12.2. The van der Waals surface area contributed by atoms with E-state index in [1.54, 1.807) is 6.08 Å². The Bertz CT molecular complexity index is 529. The average molecular weight is 365 g/mol. The van der Waals surface area contributed by atoms with E-state index in [9.17, 15) is 4.79 Å². The first-order valence-electron chi connectivity index (χ1n) is 7.77. The van der Waals surface area contributed by atoms with Crippen LogP contribution in [0.25, 0.3) is 0 Å². The lowest BCUT2D eigenvalue weighted by molar-refractivity contribution is -0.127. The molecule has 2 rings (SSSR count). The molecule has 120 valence electrons. The third-order valence-electron chi connectivity index (χ3n) is 4.45. The molecule has 4 heteroatoms. The maximum absolute atomic E-state index is 12.2. The van der Waals surface area contributed by atoms with Gasteiger partial charge in [0.05, 0.1) is 0 Å². The van der Waals surface area contributed by atoms with Gasteiger partial charge in [-0.1, -0.05) is 41.1 Å². The van der Waals surface area contributed by atoms with Crippen LogP contribution in [0.2, 0.25) is 0 Å². The SMILES string of the molecule is CN(C)C/C=C/C(=O)N1CCC(C)(c2ccc(Br)cc2)CC1. The lowest BCUT2D eigenvalue weighted by Crippen LogP contribution is -2.43. The lowest BCUT2D eigenvalue weighted by atomic mass is 9.74. The normalized spacial score (nSPS) is 18.1. The standard InChI is InChI=1S/C18H25BrN2O/c1-18(15-6-8-16(19)9-7-15)10-13-21(14-11-18)17(22)5-4-12-20(2)3/h4-9H,10-14H2,1-3H3/b5-4+. The predicted octanol–water partition coefficient (Wildman–Crippen LogP) is 3.45. The van der Waals surface area contributed by atoms with Gasteiger partial charge in [0.2, 0.25) is 5.91 Å². The van der Waals surface area contributed by atoms with Gasteiger partial charge >= 0.3 is 0 Å². The number of hydrogen-bond donors (Lipinski definition) is 0. The summed E-state index contributed by atoms with van der Waals surface area (Å²) in [6, 6.07) is 8.58. The van der Waals surface area contributed by atoms with E-state index in [-0.39, 0.29) is 11.3 Å². The van der Waals surface area contributed by atoms with Crippen LogP contribution in [0.5, 0.6) is 0 Å². The molecule has 1 aromatic rings. The molecule has 0 saturated carbocycles. The first-order chi connectivity index (χ1) is 10.4. The van der Waals surface area contributed by atoms with Gasteiger partial charge in [0.25, 0.3) is 0 Å². The van der Waals surface area contributed by atoms with Gasteiger partial charge < -0.3 is 9.80 Å². The summed E-state index contributed by atoms with van der Waals surface area (Å²) < 4.78 is 1.11. The van der Waals surface area contributed by atoms with E-state index in [0.717, 1.165) is 36.9 Å². The molecular weight excluding hydrogens is 340 g/mol. The number of carbonyl (C=O) groups is 1. The van der Waals surface area contributed by atoms with Gasteiger partial charge in [-0.2, -0.15) is 0 Å². The minimum absolute atomic E-state index is 0.139. The number of hydrogen-bond acceptors (Lipinski definition) is 2. The number of piperidine rings is 1. The molecule has 0 radical (unpaired) electrons. The molecule has 1 amide bonds. The van der Waals surface area contributed by atoms with Gasteiger partial charge in [0.1, 0.15) is 0 Å². The van der Waals surface area contributed by atoms with Crippen molar-refractivity contribution < 1.29 is 4.79 Å². The van der Waals surface area contributed by atoms with Crippen molar-refractivity contribution in [2.24, 2.45) is 0 Å². The van der Waals surface area contributed by atoms with E-state index in [2.05, 4.69) is 47.1 Å². The maximum Gasteiger partial charge on any atom is 0.246 e. The second-order valence-electron chi connectivity index (χ2n) is 6.56. The van der Waals surface area contributed by atoms with Crippen molar-refractivity contribution >= 4 is 21.8 Å². The third-order valence-corrected chi connectivity index (χ3v) is 4.98. The van der Waals surface area contributed by atoms with Crippen molar-refractivity contribution in [3.63, 3.8) is 0 Å². The Labute approximate surface area is 142 Å². The first kappa shape index (κ1) is 17.2. The quantitative estimate of drug-likeness (QED) is 0.763. The molecule has 1 aliphatic heterocycles. The van der Waals surface area contributed by atoms with Crippen LogP contribution in [-0.4, -0.2) is 49.4 Å². The van der Waals surface area contributed by atoms with E-state index in [4.69, 9.17) is 0 Å². The highest BCUT2D eigenvalue weighted by Gasteiger charge is 2.32. The Balaban J connectivity index is 1.93. The zero-order valence-electron chi connectivity index (χ0n) is 13.7. The molecule has 0 unspecified atom stereocenters. The predicted molar refractivity (Wildman–Crippen MR) is 95.0 cm³/mol. The largest absolute Gasteiger partial charge is 0.339 e. The van der Waals surface area contributed by atoms with Gasteiger partial charge in [0.15, 0.2) is 0 Å². The summed E-state index contributed by atoms with van der Waals surface area (Å²) in [5.41, 5.74) is 1.54. The Kier molecular flexibility index (Phi) is 5.81. The Hall–Kier alpha value is -1.13. The van der Waals surface area contributed by atoms with E-state index in [0.29, 0.717) is 0 Å². The molecule has 1 aliphatic rings. The van der Waals surface area contributed by atoms with E-state index in [1.807, 2.05) is 30.0 Å². The Morgan fingerprint density at radius 3 is 2.41 bits per heavy atom. The smallest absolute Gasteiger partial charge is 0.246 e. The van der Waals surface area contributed by atoms with Crippen LogP contribution in [0.4, 0.5) is 0 Å². The summed E-state index contributed by atoms with van der Waals surface area (Å²) in [4.78, 5) is 16.2. The molecule has 0 aromatic heterocycles. The molecule has 1 fully saturated rings. The average Bonchev–Trinajstić information content (AvgIpc) is 2.48. The zero-order chi connectivity index (χ0) is 16.2. The van der Waals surface area contributed by atoms with E-state index < -0.39 is 0 Å². The fourth-order valence-corrected chi connectivity index (χ4v) is 3.10. The minimum Gasteiger partial charge on any atom is -0.339 e. The first-order valence-corrected chi connectivity index (χ1v) is 8.56. The van der Waals surface area contributed by atoms with E-state index >= 15 is 0 Å². The summed E-state index contributed by atoms with van der Waals surface area (Å²) in [6.45, 7) is 4.77. The van der Waals surface area contributed by atoms with Crippen LogP contribution in [0, 0.1) is 0 Å². The van der Waals surface area contributed by atoms with Crippen LogP contribution >= 0.6 is 15.9 Å². The molecule has 1 aromatic carbocycles. The molecular formula is C18H25BrN2O. The second-order valence-corrected chi connectivity index (χ2v) is 7.47. The number of carbonyl (C=O) groups excluding carboxylic acids is 1. The van der Waals surface area contributed by atoms with Crippen LogP contribution in [0.1, 0.15) is 25.3 Å².